The molecule has 1 fully saturated rings. The fraction of sp³-hybridized carbons (Fsp3) is 0.188. The Bertz CT molecular complexity index is 724. The zero-order chi connectivity index (χ0) is 15.5. The van der Waals surface area contributed by atoms with Gasteiger partial charge in [-0.3, -0.25) is 19.7 Å². The molecule has 0 aliphatic carbocycles. The van der Waals surface area contributed by atoms with Crippen molar-refractivity contribution in [1.29, 1.82) is 0 Å². The van der Waals surface area contributed by atoms with E-state index in [0.717, 1.165) is 11.1 Å². The largest absolute Gasteiger partial charge is 0.339 e. The van der Waals surface area contributed by atoms with E-state index >= 15 is 0 Å². The zero-order valence-corrected chi connectivity index (χ0v) is 12.5. The van der Waals surface area contributed by atoms with Crippen LogP contribution in [0, 0.1) is 0 Å². The quantitative estimate of drug-likeness (QED) is 0.850. The van der Waals surface area contributed by atoms with Gasteiger partial charge in [-0.05, 0) is 23.4 Å². The average Bonchev–Trinajstić information content (AvgIpc) is 3.00. The van der Waals surface area contributed by atoms with Gasteiger partial charge < -0.3 is 5.32 Å². The van der Waals surface area contributed by atoms with E-state index in [1.807, 2.05) is 41.8 Å². The molecule has 1 saturated heterocycles. The molecule has 0 saturated carbocycles. The van der Waals surface area contributed by atoms with E-state index in [9.17, 15) is 14.4 Å². The Morgan fingerprint density at radius 3 is 2.68 bits per heavy atom. The number of rotatable bonds is 3. The lowest BCUT2D eigenvalue weighted by Crippen LogP contribution is -2.52. The highest BCUT2D eigenvalue weighted by molar-refractivity contribution is 7.12. The molecule has 2 N–H and O–H groups in total. The number of carbonyl (C=O) groups is 3. The van der Waals surface area contributed by atoms with E-state index in [-0.39, 0.29) is 18.2 Å². The number of thiophene rings is 1. The van der Waals surface area contributed by atoms with Crippen LogP contribution in [-0.4, -0.2) is 23.8 Å². The van der Waals surface area contributed by atoms with Crippen molar-refractivity contribution in [1.82, 2.24) is 10.6 Å². The predicted octanol–water partition coefficient (Wildman–Crippen LogP) is 1.95. The number of amides is 3. The summed E-state index contributed by atoms with van der Waals surface area (Å²) in [7, 11) is 0. The monoisotopic (exact) mass is 314 g/mol. The summed E-state index contributed by atoms with van der Waals surface area (Å²) in [5.41, 5.74) is 1.80. The fourth-order valence-corrected chi connectivity index (χ4v) is 3.20. The minimum atomic E-state index is -0.657. The molecular weight excluding hydrogens is 300 g/mol. The van der Waals surface area contributed by atoms with Crippen molar-refractivity contribution in [3.05, 3.63) is 46.7 Å². The molecular formula is C16H14N2O3S. The zero-order valence-electron chi connectivity index (χ0n) is 11.7. The smallest absolute Gasteiger partial charge is 0.262 e. The van der Waals surface area contributed by atoms with Crippen LogP contribution in [0.3, 0.4) is 0 Å². The van der Waals surface area contributed by atoms with Gasteiger partial charge in [0.15, 0.2) is 0 Å². The summed E-state index contributed by atoms with van der Waals surface area (Å²) < 4.78 is 0. The van der Waals surface area contributed by atoms with E-state index in [0.29, 0.717) is 11.3 Å². The van der Waals surface area contributed by atoms with Crippen LogP contribution >= 0.6 is 11.3 Å². The second-order valence-electron chi connectivity index (χ2n) is 5.01. The molecule has 1 aliphatic heterocycles. The predicted molar refractivity (Wildman–Crippen MR) is 83.4 cm³/mol. The van der Waals surface area contributed by atoms with Crippen LogP contribution in [0.4, 0.5) is 0 Å². The summed E-state index contributed by atoms with van der Waals surface area (Å²) in [6.07, 6.45) is 0.578. The van der Waals surface area contributed by atoms with Gasteiger partial charge in [-0.2, -0.15) is 0 Å². The third-order valence-corrected chi connectivity index (χ3v) is 4.41. The normalized spacial score (nSPS) is 17.9. The Hall–Kier alpha value is -2.47. The lowest BCUT2D eigenvalue weighted by molar-refractivity contribution is -0.134. The van der Waals surface area contributed by atoms with Gasteiger partial charge in [-0.25, -0.2) is 0 Å². The number of imide groups is 1. The Kier molecular flexibility index (Phi) is 4.02. The molecule has 3 amide bonds. The maximum atomic E-state index is 12.4. The molecule has 1 aromatic carbocycles. The fourth-order valence-electron chi connectivity index (χ4n) is 2.39. The maximum absolute atomic E-state index is 12.4. The molecule has 2 heterocycles. The van der Waals surface area contributed by atoms with Gasteiger partial charge in [0.2, 0.25) is 11.8 Å². The van der Waals surface area contributed by atoms with Gasteiger partial charge in [0.05, 0.1) is 4.88 Å². The van der Waals surface area contributed by atoms with Crippen molar-refractivity contribution >= 4 is 29.1 Å². The highest BCUT2D eigenvalue weighted by Gasteiger charge is 2.29. The van der Waals surface area contributed by atoms with Crippen LogP contribution in [0.2, 0.25) is 0 Å². The second kappa shape index (κ2) is 6.11. The summed E-state index contributed by atoms with van der Waals surface area (Å²) in [6, 6.07) is 10.8. The van der Waals surface area contributed by atoms with Crippen molar-refractivity contribution in [2.45, 2.75) is 18.9 Å². The number of nitrogens with one attached hydrogen (secondary N) is 2. The molecule has 0 unspecified atom stereocenters. The molecule has 22 heavy (non-hydrogen) atoms. The molecule has 0 bridgehead atoms. The molecule has 5 nitrogen and oxygen atoms in total. The Labute approximate surface area is 131 Å². The lowest BCUT2D eigenvalue weighted by Gasteiger charge is -2.21. The molecule has 6 heteroatoms. The molecule has 1 atom stereocenters. The van der Waals surface area contributed by atoms with E-state index in [4.69, 9.17) is 0 Å². The lowest BCUT2D eigenvalue weighted by atomic mass is 10.0. The Morgan fingerprint density at radius 1 is 1.18 bits per heavy atom. The first-order chi connectivity index (χ1) is 10.6. The SMILES string of the molecule is O=C1CC[C@H](NC(=O)c2sccc2-c2ccccc2)C(=O)N1. The van der Waals surface area contributed by atoms with Crippen molar-refractivity contribution in [3.63, 3.8) is 0 Å². The first-order valence-corrected chi connectivity index (χ1v) is 7.80. The number of hydrogen-bond acceptors (Lipinski definition) is 4. The number of carbonyl (C=O) groups excluding carboxylic acids is 3. The van der Waals surface area contributed by atoms with Crippen LogP contribution < -0.4 is 10.6 Å². The Balaban J connectivity index is 1.78. The van der Waals surface area contributed by atoms with Crippen LogP contribution in [0.1, 0.15) is 22.5 Å². The highest BCUT2D eigenvalue weighted by atomic mass is 32.1. The minimum absolute atomic E-state index is 0.243. The van der Waals surface area contributed by atoms with E-state index in [1.165, 1.54) is 11.3 Å². The van der Waals surface area contributed by atoms with Gasteiger partial charge in [-0.15, -0.1) is 11.3 Å². The highest BCUT2D eigenvalue weighted by Crippen LogP contribution is 2.28. The number of piperidine rings is 1. The standard InChI is InChI=1S/C16H14N2O3S/c19-13-7-6-12(15(20)18-13)17-16(21)14-11(8-9-22-14)10-4-2-1-3-5-10/h1-5,8-9,12H,6-7H2,(H,17,21)(H,18,19,20)/t12-/m0/s1. The van der Waals surface area contributed by atoms with Crippen LogP contribution in [0.5, 0.6) is 0 Å². The molecule has 3 rings (SSSR count). The molecule has 0 radical (unpaired) electrons. The Morgan fingerprint density at radius 2 is 1.95 bits per heavy atom. The third-order valence-electron chi connectivity index (χ3n) is 3.50. The number of hydrogen-bond donors (Lipinski definition) is 2. The minimum Gasteiger partial charge on any atom is -0.339 e. The molecule has 2 aromatic rings. The van der Waals surface area contributed by atoms with Gasteiger partial charge >= 0.3 is 0 Å². The van der Waals surface area contributed by atoms with Crippen molar-refractivity contribution in [2.24, 2.45) is 0 Å². The first kappa shape index (κ1) is 14.5. The summed E-state index contributed by atoms with van der Waals surface area (Å²) >= 11 is 1.33. The maximum Gasteiger partial charge on any atom is 0.262 e. The first-order valence-electron chi connectivity index (χ1n) is 6.92. The average molecular weight is 314 g/mol. The number of benzene rings is 1. The van der Waals surface area contributed by atoms with Crippen molar-refractivity contribution < 1.29 is 14.4 Å². The van der Waals surface area contributed by atoms with Gasteiger partial charge in [0.1, 0.15) is 6.04 Å². The summed E-state index contributed by atoms with van der Waals surface area (Å²) in [5, 5.41) is 6.80. The molecule has 112 valence electrons. The summed E-state index contributed by atoms with van der Waals surface area (Å²) in [4.78, 5) is 35.8. The van der Waals surface area contributed by atoms with Crippen LogP contribution in [0.25, 0.3) is 11.1 Å². The second-order valence-corrected chi connectivity index (χ2v) is 5.92. The molecule has 1 aliphatic rings. The summed E-state index contributed by atoms with van der Waals surface area (Å²) in [5.74, 6) is -1.03. The van der Waals surface area contributed by atoms with Crippen LogP contribution in [0.15, 0.2) is 41.8 Å². The third kappa shape index (κ3) is 2.92. The molecule has 0 spiro atoms. The van der Waals surface area contributed by atoms with E-state index in [2.05, 4.69) is 10.6 Å². The van der Waals surface area contributed by atoms with Crippen molar-refractivity contribution in [3.8, 4) is 11.1 Å². The molecule has 1 aromatic heterocycles. The topological polar surface area (TPSA) is 75.3 Å². The van der Waals surface area contributed by atoms with E-state index < -0.39 is 11.9 Å². The van der Waals surface area contributed by atoms with Gasteiger partial charge in [0.25, 0.3) is 5.91 Å². The van der Waals surface area contributed by atoms with Gasteiger partial charge in [0, 0.05) is 12.0 Å². The van der Waals surface area contributed by atoms with Crippen molar-refractivity contribution in [2.75, 3.05) is 0 Å². The summed E-state index contributed by atoms with van der Waals surface area (Å²) in [6.45, 7) is 0. The van der Waals surface area contributed by atoms with E-state index in [1.54, 1.807) is 0 Å². The van der Waals surface area contributed by atoms with Crippen LogP contribution in [-0.2, 0) is 9.59 Å². The van der Waals surface area contributed by atoms with Gasteiger partial charge in [-0.1, -0.05) is 30.3 Å².